The molecule has 0 aliphatic carbocycles. The molecule has 156 valence electrons. The third-order valence-corrected chi connectivity index (χ3v) is 5.82. The molecule has 1 atom stereocenters. The Morgan fingerprint density at radius 3 is 1.31 bits per heavy atom. The first kappa shape index (κ1) is 25.7. The number of carbonyl (C=O) groups is 1. The van der Waals surface area contributed by atoms with E-state index in [4.69, 9.17) is 0 Å². The fraction of sp³-hybridized carbons (Fsp3) is 0.960. The van der Waals surface area contributed by atoms with Crippen molar-refractivity contribution < 1.29 is 4.79 Å². The maximum Gasteiger partial charge on any atom is 0.135 e. The Bertz CT molecular complexity index is 284. The van der Waals surface area contributed by atoms with Crippen molar-refractivity contribution >= 4 is 5.78 Å². The Morgan fingerprint density at radius 2 is 0.885 bits per heavy atom. The van der Waals surface area contributed by atoms with Gasteiger partial charge in [0.2, 0.25) is 0 Å². The summed E-state index contributed by atoms with van der Waals surface area (Å²) in [6, 6.07) is 0. The molecule has 1 nitrogen and oxygen atoms in total. The molecule has 1 heteroatoms. The summed E-state index contributed by atoms with van der Waals surface area (Å²) in [6.45, 7) is 6.62. The number of hydrogen-bond acceptors (Lipinski definition) is 1. The van der Waals surface area contributed by atoms with E-state index in [1.165, 1.54) is 109 Å². The summed E-state index contributed by atoms with van der Waals surface area (Å²) >= 11 is 0. The maximum absolute atomic E-state index is 12.0. The average molecular weight is 367 g/mol. The lowest BCUT2D eigenvalue weighted by atomic mass is 9.95. The molecule has 0 bridgehead atoms. The monoisotopic (exact) mass is 366 g/mol. The van der Waals surface area contributed by atoms with E-state index in [9.17, 15) is 4.79 Å². The van der Waals surface area contributed by atoms with Gasteiger partial charge in [-0.05, 0) is 12.8 Å². The second-order valence-electron chi connectivity index (χ2n) is 8.56. The highest BCUT2D eigenvalue weighted by molar-refractivity contribution is 5.80. The molecule has 26 heavy (non-hydrogen) atoms. The first-order valence-corrected chi connectivity index (χ1v) is 12.2. The zero-order chi connectivity index (χ0) is 19.3. The van der Waals surface area contributed by atoms with Crippen LogP contribution >= 0.6 is 0 Å². The van der Waals surface area contributed by atoms with Gasteiger partial charge in [0.15, 0.2) is 0 Å². The summed E-state index contributed by atoms with van der Waals surface area (Å²) in [7, 11) is 0. The molecule has 1 unspecified atom stereocenters. The summed E-state index contributed by atoms with van der Waals surface area (Å²) in [5.74, 6) is 0.803. The van der Waals surface area contributed by atoms with Crippen LogP contribution in [0.25, 0.3) is 0 Å². The van der Waals surface area contributed by atoms with Crippen molar-refractivity contribution in [3.8, 4) is 0 Å². The summed E-state index contributed by atoms with van der Waals surface area (Å²) in [4.78, 5) is 12.0. The van der Waals surface area contributed by atoms with Gasteiger partial charge in [-0.2, -0.15) is 0 Å². The van der Waals surface area contributed by atoms with Gasteiger partial charge in [0.1, 0.15) is 5.78 Å². The van der Waals surface area contributed by atoms with Gasteiger partial charge in [-0.1, -0.05) is 130 Å². The van der Waals surface area contributed by atoms with E-state index < -0.39 is 0 Å². The molecule has 0 aliphatic heterocycles. The normalized spacial score (nSPS) is 12.4. The predicted molar refractivity (Wildman–Crippen MR) is 118 cm³/mol. The average Bonchev–Trinajstić information content (AvgIpc) is 2.64. The second-order valence-corrected chi connectivity index (χ2v) is 8.56. The summed E-state index contributed by atoms with van der Waals surface area (Å²) in [6.07, 6.45) is 26.6. The first-order chi connectivity index (χ1) is 12.7. The number of rotatable bonds is 21. The van der Waals surface area contributed by atoms with Crippen LogP contribution in [-0.4, -0.2) is 5.78 Å². The fourth-order valence-electron chi connectivity index (χ4n) is 3.78. The van der Waals surface area contributed by atoms with E-state index in [0.29, 0.717) is 11.7 Å². The van der Waals surface area contributed by atoms with Crippen LogP contribution in [0.1, 0.15) is 149 Å². The minimum Gasteiger partial charge on any atom is -0.299 e. The van der Waals surface area contributed by atoms with E-state index in [2.05, 4.69) is 20.8 Å². The molecule has 0 saturated heterocycles. The Balaban J connectivity index is 3.20. The predicted octanol–water partition coefficient (Wildman–Crippen LogP) is 9.03. The van der Waals surface area contributed by atoms with Crippen molar-refractivity contribution in [3.63, 3.8) is 0 Å². The Morgan fingerprint density at radius 1 is 0.538 bits per heavy atom. The summed E-state index contributed by atoms with van der Waals surface area (Å²) < 4.78 is 0. The van der Waals surface area contributed by atoms with Crippen molar-refractivity contribution in [1.29, 1.82) is 0 Å². The quantitative estimate of drug-likeness (QED) is 0.185. The molecular weight excluding hydrogens is 316 g/mol. The van der Waals surface area contributed by atoms with Crippen molar-refractivity contribution in [1.82, 2.24) is 0 Å². The molecule has 0 fully saturated rings. The van der Waals surface area contributed by atoms with Gasteiger partial charge in [0.05, 0.1) is 0 Å². The maximum atomic E-state index is 12.0. The lowest BCUT2D eigenvalue weighted by molar-refractivity contribution is -0.122. The van der Waals surface area contributed by atoms with Crippen molar-refractivity contribution in [2.75, 3.05) is 0 Å². The fourth-order valence-corrected chi connectivity index (χ4v) is 3.78. The van der Waals surface area contributed by atoms with Crippen molar-refractivity contribution in [2.45, 2.75) is 149 Å². The molecule has 0 aromatic rings. The lowest BCUT2D eigenvalue weighted by Crippen LogP contribution is -2.10. The Hall–Kier alpha value is -0.330. The zero-order valence-corrected chi connectivity index (χ0v) is 18.6. The number of ketones is 1. The highest BCUT2D eigenvalue weighted by Crippen LogP contribution is 2.17. The molecule has 0 radical (unpaired) electrons. The highest BCUT2D eigenvalue weighted by atomic mass is 16.1. The number of carbonyl (C=O) groups excluding carboxylic acids is 1. The first-order valence-electron chi connectivity index (χ1n) is 12.2. The van der Waals surface area contributed by atoms with E-state index in [1.54, 1.807) is 0 Å². The zero-order valence-electron chi connectivity index (χ0n) is 18.6. The third kappa shape index (κ3) is 18.5. The van der Waals surface area contributed by atoms with E-state index in [1.807, 2.05) is 0 Å². The molecule has 0 spiro atoms. The van der Waals surface area contributed by atoms with Gasteiger partial charge in [0, 0.05) is 12.3 Å². The minimum atomic E-state index is 0.300. The Labute approximate surface area is 166 Å². The van der Waals surface area contributed by atoms with Crippen LogP contribution in [0.5, 0.6) is 0 Å². The number of hydrogen-bond donors (Lipinski definition) is 0. The molecule has 0 aromatic heterocycles. The molecular formula is C25H50O. The SMILES string of the molecule is CCCCCCCCCCCCCCCCCC(C)C(=O)CCCCC. The third-order valence-electron chi connectivity index (χ3n) is 5.82. The van der Waals surface area contributed by atoms with Crippen LogP contribution in [0.15, 0.2) is 0 Å². The molecule has 0 amide bonds. The summed E-state index contributed by atoms with van der Waals surface area (Å²) in [5, 5.41) is 0. The van der Waals surface area contributed by atoms with E-state index in [0.717, 1.165) is 19.3 Å². The van der Waals surface area contributed by atoms with Crippen LogP contribution in [0.4, 0.5) is 0 Å². The molecule has 0 saturated carbocycles. The molecule has 0 aromatic carbocycles. The highest BCUT2D eigenvalue weighted by Gasteiger charge is 2.11. The number of Topliss-reactive ketones (excluding diaryl/α,β-unsaturated/α-hetero) is 1. The molecule has 0 aliphatic rings. The topological polar surface area (TPSA) is 17.1 Å². The van der Waals surface area contributed by atoms with Crippen LogP contribution in [0.2, 0.25) is 0 Å². The van der Waals surface area contributed by atoms with E-state index in [-0.39, 0.29) is 0 Å². The van der Waals surface area contributed by atoms with E-state index >= 15 is 0 Å². The molecule has 0 rings (SSSR count). The van der Waals surface area contributed by atoms with Gasteiger partial charge in [-0.15, -0.1) is 0 Å². The smallest absolute Gasteiger partial charge is 0.135 e. The van der Waals surface area contributed by atoms with Crippen LogP contribution in [0.3, 0.4) is 0 Å². The van der Waals surface area contributed by atoms with Gasteiger partial charge in [-0.25, -0.2) is 0 Å². The van der Waals surface area contributed by atoms with Gasteiger partial charge in [0.25, 0.3) is 0 Å². The molecule has 0 N–H and O–H groups in total. The number of unbranched alkanes of at least 4 members (excludes halogenated alkanes) is 16. The Kier molecular flexibility index (Phi) is 20.7. The van der Waals surface area contributed by atoms with Crippen molar-refractivity contribution in [3.05, 3.63) is 0 Å². The lowest BCUT2D eigenvalue weighted by Gasteiger charge is -2.10. The van der Waals surface area contributed by atoms with Gasteiger partial charge < -0.3 is 0 Å². The minimum absolute atomic E-state index is 0.300. The van der Waals surface area contributed by atoms with Gasteiger partial charge >= 0.3 is 0 Å². The summed E-state index contributed by atoms with van der Waals surface area (Å²) in [5.41, 5.74) is 0. The van der Waals surface area contributed by atoms with Gasteiger partial charge in [-0.3, -0.25) is 4.79 Å². The van der Waals surface area contributed by atoms with Crippen LogP contribution < -0.4 is 0 Å². The van der Waals surface area contributed by atoms with Crippen LogP contribution in [0, 0.1) is 5.92 Å². The largest absolute Gasteiger partial charge is 0.299 e. The van der Waals surface area contributed by atoms with Crippen molar-refractivity contribution in [2.24, 2.45) is 5.92 Å². The standard InChI is InChI=1S/C25H50O/c1-4-6-8-9-10-11-12-13-14-15-16-17-18-19-21-22-24(3)25(26)23-20-7-5-2/h24H,4-23H2,1-3H3. The van der Waals surface area contributed by atoms with Crippen LogP contribution in [-0.2, 0) is 4.79 Å². The molecule has 0 heterocycles. The second kappa shape index (κ2) is 21.0.